The van der Waals surface area contributed by atoms with Crippen LogP contribution >= 0.6 is 11.6 Å². The number of nitrogens with zero attached hydrogens (tertiary/aromatic N) is 1. The summed E-state index contributed by atoms with van der Waals surface area (Å²) < 4.78 is 4.57. The molecule has 0 aliphatic carbocycles. The number of anilines is 1. The average Bonchev–Trinajstić information content (AvgIpc) is 2.31. The fourth-order valence-electron chi connectivity index (χ4n) is 1.29. The van der Waals surface area contributed by atoms with E-state index in [2.05, 4.69) is 15.0 Å². The van der Waals surface area contributed by atoms with Crippen LogP contribution in [0.2, 0.25) is 5.02 Å². The molecule has 16 heavy (non-hydrogen) atoms. The Hall–Kier alpha value is -1.62. The molecule has 0 aliphatic rings. The van der Waals surface area contributed by atoms with Gasteiger partial charge in [0.15, 0.2) is 0 Å². The fraction of sp³-hybridized carbons (Fsp3) is 0.300. The molecule has 1 aromatic rings. The Morgan fingerprint density at radius 2 is 2.44 bits per heavy atom. The number of hydrogen-bond donors (Lipinski definition) is 2. The molecule has 0 bridgehead atoms. The van der Waals surface area contributed by atoms with Crippen molar-refractivity contribution in [1.29, 1.82) is 5.41 Å². The van der Waals surface area contributed by atoms with Crippen LogP contribution in [0.1, 0.15) is 11.1 Å². The molecule has 0 aliphatic heterocycles. The molecular formula is C10H12ClN3O2. The summed E-state index contributed by atoms with van der Waals surface area (Å²) in [6, 6.07) is 0. The van der Waals surface area contributed by atoms with Gasteiger partial charge in [-0.05, 0) is 5.56 Å². The standard InChI is InChI=1S/C10H12ClN3O2/c1-13-10-7(4-12)6(3-9(15)16-2)8(11)5-14-10/h4-5,12H,3H2,1-2H3,(H,13,14). The molecule has 0 saturated carbocycles. The lowest BCUT2D eigenvalue weighted by molar-refractivity contribution is -0.139. The molecule has 2 N–H and O–H groups in total. The highest BCUT2D eigenvalue weighted by Crippen LogP contribution is 2.23. The molecule has 86 valence electrons. The predicted molar refractivity (Wildman–Crippen MR) is 62.4 cm³/mol. The van der Waals surface area contributed by atoms with Crippen molar-refractivity contribution in [3.05, 3.63) is 22.3 Å². The van der Waals surface area contributed by atoms with Crippen molar-refractivity contribution >= 4 is 29.6 Å². The Labute approximate surface area is 98.3 Å². The Kier molecular flexibility index (Phi) is 4.25. The molecule has 0 spiro atoms. The van der Waals surface area contributed by atoms with Crippen molar-refractivity contribution in [1.82, 2.24) is 4.98 Å². The summed E-state index contributed by atoms with van der Waals surface area (Å²) in [5.74, 6) is 0.108. The van der Waals surface area contributed by atoms with Gasteiger partial charge in [-0.1, -0.05) is 11.6 Å². The highest BCUT2D eigenvalue weighted by Gasteiger charge is 2.14. The second kappa shape index (κ2) is 5.46. The van der Waals surface area contributed by atoms with Gasteiger partial charge in [-0.25, -0.2) is 4.98 Å². The minimum absolute atomic E-state index is 0.0250. The van der Waals surface area contributed by atoms with Gasteiger partial charge >= 0.3 is 5.97 Å². The third kappa shape index (κ3) is 2.49. The molecule has 1 heterocycles. The topological polar surface area (TPSA) is 75.1 Å². The summed E-state index contributed by atoms with van der Waals surface area (Å²) >= 11 is 5.94. The van der Waals surface area contributed by atoms with Gasteiger partial charge in [-0.2, -0.15) is 0 Å². The number of ether oxygens (including phenoxy) is 1. The SMILES string of the molecule is CNc1ncc(Cl)c(CC(=O)OC)c1C=N. The molecule has 6 heteroatoms. The number of rotatable bonds is 4. The molecule has 0 fully saturated rings. The van der Waals surface area contributed by atoms with E-state index in [1.165, 1.54) is 13.3 Å². The van der Waals surface area contributed by atoms with E-state index in [1.54, 1.807) is 7.05 Å². The largest absolute Gasteiger partial charge is 0.469 e. The second-order valence-electron chi connectivity index (χ2n) is 2.99. The smallest absolute Gasteiger partial charge is 0.310 e. The van der Waals surface area contributed by atoms with Crippen molar-refractivity contribution < 1.29 is 9.53 Å². The number of nitrogens with one attached hydrogen (secondary N) is 2. The first kappa shape index (κ1) is 12.4. The van der Waals surface area contributed by atoms with Crippen molar-refractivity contribution in [2.75, 3.05) is 19.5 Å². The quantitative estimate of drug-likeness (QED) is 0.619. The Morgan fingerprint density at radius 3 is 2.94 bits per heavy atom. The molecule has 5 nitrogen and oxygen atoms in total. The van der Waals surface area contributed by atoms with E-state index in [0.29, 0.717) is 22.0 Å². The number of aromatic nitrogens is 1. The summed E-state index contributed by atoms with van der Waals surface area (Å²) in [5, 5.41) is 10.5. The Balaban J connectivity index is 3.23. The van der Waals surface area contributed by atoms with E-state index >= 15 is 0 Å². The lowest BCUT2D eigenvalue weighted by Crippen LogP contribution is -2.10. The highest BCUT2D eigenvalue weighted by atomic mass is 35.5. The third-order valence-corrected chi connectivity index (χ3v) is 2.43. The average molecular weight is 242 g/mol. The molecule has 0 saturated heterocycles. The van der Waals surface area contributed by atoms with E-state index in [1.807, 2.05) is 0 Å². The number of carbonyl (C=O) groups is 1. The molecular weight excluding hydrogens is 230 g/mol. The first-order valence-corrected chi connectivity index (χ1v) is 4.94. The Morgan fingerprint density at radius 1 is 1.75 bits per heavy atom. The van der Waals surface area contributed by atoms with E-state index in [0.717, 1.165) is 6.21 Å². The monoisotopic (exact) mass is 241 g/mol. The zero-order valence-electron chi connectivity index (χ0n) is 9.00. The molecule has 0 unspecified atom stereocenters. The molecule has 1 rings (SSSR count). The normalized spacial score (nSPS) is 9.69. The minimum Gasteiger partial charge on any atom is -0.469 e. The lowest BCUT2D eigenvalue weighted by Gasteiger charge is -2.10. The van der Waals surface area contributed by atoms with Crippen LogP contribution in [0.25, 0.3) is 0 Å². The van der Waals surface area contributed by atoms with Crippen molar-refractivity contribution in [2.45, 2.75) is 6.42 Å². The number of carbonyl (C=O) groups excluding carboxylic acids is 1. The number of methoxy groups -OCH3 is 1. The van der Waals surface area contributed by atoms with E-state index in [9.17, 15) is 4.79 Å². The number of halogens is 1. The first-order valence-electron chi connectivity index (χ1n) is 4.56. The molecule has 0 radical (unpaired) electrons. The van der Waals surface area contributed by atoms with Crippen LogP contribution < -0.4 is 5.32 Å². The van der Waals surface area contributed by atoms with Gasteiger partial charge in [0.1, 0.15) is 5.82 Å². The lowest BCUT2D eigenvalue weighted by atomic mass is 10.1. The highest BCUT2D eigenvalue weighted by molar-refractivity contribution is 6.32. The van der Waals surface area contributed by atoms with Crippen molar-refractivity contribution in [3.8, 4) is 0 Å². The van der Waals surface area contributed by atoms with Crippen LogP contribution in [0, 0.1) is 5.41 Å². The van der Waals surface area contributed by atoms with Gasteiger partial charge in [-0.15, -0.1) is 0 Å². The summed E-state index contributed by atoms with van der Waals surface area (Å²) in [7, 11) is 2.99. The van der Waals surface area contributed by atoms with Crippen molar-refractivity contribution in [2.24, 2.45) is 0 Å². The summed E-state index contributed by atoms with van der Waals surface area (Å²) in [4.78, 5) is 15.2. The first-order chi connectivity index (χ1) is 7.63. The molecule has 0 amide bonds. The molecule has 0 aromatic carbocycles. The fourth-order valence-corrected chi connectivity index (χ4v) is 1.51. The van der Waals surface area contributed by atoms with E-state index < -0.39 is 5.97 Å². The number of pyridine rings is 1. The van der Waals surface area contributed by atoms with Gasteiger partial charge in [0.25, 0.3) is 0 Å². The van der Waals surface area contributed by atoms with Crippen LogP contribution in [0.5, 0.6) is 0 Å². The minimum atomic E-state index is -0.404. The third-order valence-electron chi connectivity index (χ3n) is 2.11. The van der Waals surface area contributed by atoms with Gasteiger partial charge in [0.05, 0.1) is 18.6 Å². The zero-order valence-corrected chi connectivity index (χ0v) is 9.76. The molecule has 0 atom stereocenters. The second-order valence-corrected chi connectivity index (χ2v) is 3.40. The van der Waals surface area contributed by atoms with Gasteiger partial charge < -0.3 is 15.5 Å². The summed E-state index contributed by atoms with van der Waals surface area (Å²) in [5.41, 5.74) is 1.04. The summed E-state index contributed by atoms with van der Waals surface area (Å²) in [6.07, 6.45) is 2.58. The van der Waals surface area contributed by atoms with Crippen LogP contribution in [0.15, 0.2) is 6.20 Å². The van der Waals surface area contributed by atoms with Gasteiger partial charge in [0.2, 0.25) is 0 Å². The number of esters is 1. The van der Waals surface area contributed by atoms with Crippen LogP contribution in [-0.2, 0) is 16.0 Å². The number of hydrogen-bond acceptors (Lipinski definition) is 5. The van der Waals surface area contributed by atoms with Crippen LogP contribution in [0.3, 0.4) is 0 Å². The van der Waals surface area contributed by atoms with E-state index in [4.69, 9.17) is 17.0 Å². The predicted octanol–water partition coefficient (Wildman–Crippen LogP) is 1.49. The van der Waals surface area contributed by atoms with Gasteiger partial charge in [0, 0.05) is 25.0 Å². The van der Waals surface area contributed by atoms with E-state index in [-0.39, 0.29) is 6.42 Å². The maximum Gasteiger partial charge on any atom is 0.310 e. The maximum atomic E-state index is 11.2. The summed E-state index contributed by atoms with van der Waals surface area (Å²) in [6.45, 7) is 0. The van der Waals surface area contributed by atoms with Crippen LogP contribution in [-0.4, -0.2) is 31.3 Å². The molecule has 1 aromatic heterocycles. The van der Waals surface area contributed by atoms with Crippen molar-refractivity contribution in [3.63, 3.8) is 0 Å². The zero-order chi connectivity index (χ0) is 12.1. The van der Waals surface area contributed by atoms with Crippen LogP contribution in [0.4, 0.5) is 5.82 Å². The maximum absolute atomic E-state index is 11.2. The van der Waals surface area contributed by atoms with Gasteiger partial charge in [-0.3, -0.25) is 4.79 Å². The Bertz CT molecular complexity index is 421.